The number of carbonyl (C=O) groups excluding carboxylic acids is 1. The van der Waals surface area contributed by atoms with Crippen molar-refractivity contribution in [3.8, 4) is 6.07 Å². The SMILES string of the molecule is N#CCC(=O)N=C(N)N. The zero-order chi connectivity index (χ0) is 7.28. The maximum absolute atomic E-state index is 10.3. The first-order valence-corrected chi connectivity index (χ1v) is 2.16. The Morgan fingerprint density at radius 1 is 1.67 bits per heavy atom. The Hall–Kier alpha value is -1.57. The van der Waals surface area contributed by atoms with Crippen LogP contribution in [0.2, 0.25) is 0 Å². The summed E-state index contributed by atoms with van der Waals surface area (Å²) in [6.07, 6.45) is -0.280. The van der Waals surface area contributed by atoms with Crippen LogP contribution in [0.1, 0.15) is 6.42 Å². The van der Waals surface area contributed by atoms with Gasteiger partial charge < -0.3 is 11.5 Å². The van der Waals surface area contributed by atoms with Gasteiger partial charge in [-0.3, -0.25) is 4.79 Å². The predicted molar refractivity (Wildman–Crippen MR) is 31.0 cm³/mol. The van der Waals surface area contributed by atoms with E-state index in [1.165, 1.54) is 0 Å². The second kappa shape index (κ2) is 3.43. The second-order valence-electron chi connectivity index (χ2n) is 1.27. The van der Waals surface area contributed by atoms with Gasteiger partial charge in [-0.05, 0) is 0 Å². The summed E-state index contributed by atoms with van der Waals surface area (Å²) in [5.41, 5.74) is 9.64. The quantitative estimate of drug-likeness (QED) is 0.336. The average molecular weight is 126 g/mol. The highest BCUT2D eigenvalue weighted by Crippen LogP contribution is 1.79. The molecule has 0 aromatic rings. The maximum atomic E-state index is 10.3. The predicted octanol–water partition coefficient (Wildman–Crippen LogP) is -1.30. The van der Waals surface area contributed by atoms with Crippen LogP contribution in [0.4, 0.5) is 0 Å². The largest absolute Gasteiger partial charge is 0.370 e. The fourth-order valence-electron chi connectivity index (χ4n) is 0.251. The molecule has 0 unspecified atom stereocenters. The van der Waals surface area contributed by atoms with Crippen molar-refractivity contribution in [2.24, 2.45) is 16.5 Å². The molecule has 0 aromatic carbocycles. The minimum Gasteiger partial charge on any atom is -0.370 e. The number of nitrogens with zero attached hydrogens (tertiary/aromatic N) is 2. The van der Waals surface area contributed by atoms with Crippen molar-refractivity contribution in [3.63, 3.8) is 0 Å². The molecule has 4 N–H and O–H groups in total. The average Bonchev–Trinajstić information content (AvgIpc) is 1.63. The number of aliphatic imine (C=N–C) groups is 1. The molecule has 0 aliphatic carbocycles. The van der Waals surface area contributed by atoms with Gasteiger partial charge in [0, 0.05) is 0 Å². The molecule has 0 saturated carbocycles. The van der Waals surface area contributed by atoms with Crippen LogP contribution < -0.4 is 11.5 Å². The zero-order valence-corrected chi connectivity index (χ0v) is 4.66. The Morgan fingerprint density at radius 3 is 2.56 bits per heavy atom. The summed E-state index contributed by atoms with van der Waals surface area (Å²) in [6, 6.07) is 1.61. The van der Waals surface area contributed by atoms with Crippen LogP contribution in [0.15, 0.2) is 4.99 Å². The Kier molecular flexibility index (Phi) is 2.84. The van der Waals surface area contributed by atoms with Gasteiger partial charge in [-0.1, -0.05) is 0 Å². The Labute approximate surface area is 52.0 Å². The van der Waals surface area contributed by atoms with Gasteiger partial charge in [0.1, 0.15) is 6.42 Å². The van der Waals surface area contributed by atoms with Crippen LogP contribution in [0.3, 0.4) is 0 Å². The lowest BCUT2D eigenvalue weighted by molar-refractivity contribution is -0.116. The standard InChI is InChI=1S/C4H6N4O/c5-2-1-3(9)8-4(6)7/h1H2,(H4,6,7,8,9). The van der Waals surface area contributed by atoms with E-state index in [-0.39, 0.29) is 12.4 Å². The molecule has 0 saturated heterocycles. The van der Waals surface area contributed by atoms with E-state index in [2.05, 4.69) is 4.99 Å². The highest BCUT2D eigenvalue weighted by molar-refractivity contribution is 5.92. The van der Waals surface area contributed by atoms with Crippen LogP contribution in [0.25, 0.3) is 0 Å². The third-order valence-electron chi connectivity index (χ3n) is 0.484. The minimum atomic E-state index is -0.613. The van der Waals surface area contributed by atoms with Gasteiger partial charge >= 0.3 is 0 Å². The van der Waals surface area contributed by atoms with E-state index in [1.54, 1.807) is 6.07 Å². The molecule has 0 atom stereocenters. The van der Waals surface area contributed by atoms with Crippen molar-refractivity contribution in [3.05, 3.63) is 0 Å². The van der Waals surface area contributed by atoms with Crippen molar-refractivity contribution in [1.82, 2.24) is 0 Å². The van der Waals surface area contributed by atoms with Gasteiger partial charge in [0.15, 0.2) is 5.96 Å². The number of rotatable bonds is 1. The molecule has 0 radical (unpaired) electrons. The molecule has 0 bridgehead atoms. The number of nitriles is 1. The summed E-state index contributed by atoms with van der Waals surface area (Å²) in [7, 11) is 0. The number of amides is 1. The molecule has 0 rings (SSSR count). The number of carbonyl (C=O) groups is 1. The molecule has 1 amide bonds. The monoisotopic (exact) mass is 126 g/mol. The van der Waals surface area contributed by atoms with Crippen LogP contribution in [0.5, 0.6) is 0 Å². The van der Waals surface area contributed by atoms with E-state index in [0.717, 1.165) is 0 Å². The van der Waals surface area contributed by atoms with Gasteiger partial charge in [-0.25, -0.2) is 0 Å². The van der Waals surface area contributed by atoms with E-state index in [0.29, 0.717) is 0 Å². The molecule has 5 heteroatoms. The molecule has 9 heavy (non-hydrogen) atoms. The Balaban J connectivity index is 3.81. The fourth-order valence-corrected chi connectivity index (χ4v) is 0.251. The minimum absolute atomic E-state index is 0.280. The molecule has 0 aliphatic rings. The maximum Gasteiger partial charge on any atom is 0.263 e. The lowest BCUT2D eigenvalue weighted by atomic mass is 10.5. The van der Waals surface area contributed by atoms with E-state index in [9.17, 15) is 4.79 Å². The molecule has 0 fully saturated rings. The normalized spacial score (nSPS) is 7.44. The van der Waals surface area contributed by atoms with Crippen molar-refractivity contribution in [2.75, 3.05) is 0 Å². The first kappa shape index (κ1) is 7.43. The topological polar surface area (TPSA) is 105 Å². The number of hydrogen-bond donors (Lipinski definition) is 2. The molecular formula is C4H6N4O. The van der Waals surface area contributed by atoms with E-state index >= 15 is 0 Å². The van der Waals surface area contributed by atoms with Crippen LogP contribution >= 0.6 is 0 Å². The van der Waals surface area contributed by atoms with E-state index in [4.69, 9.17) is 16.7 Å². The van der Waals surface area contributed by atoms with E-state index < -0.39 is 5.91 Å². The van der Waals surface area contributed by atoms with Crippen molar-refractivity contribution < 1.29 is 4.79 Å². The van der Waals surface area contributed by atoms with Gasteiger partial charge in [0.25, 0.3) is 5.91 Å². The van der Waals surface area contributed by atoms with Gasteiger partial charge in [0.2, 0.25) is 0 Å². The lowest BCUT2D eigenvalue weighted by Crippen LogP contribution is -2.24. The smallest absolute Gasteiger partial charge is 0.263 e. The van der Waals surface area contributed by atoms with Crippen LogP contribution in [-0.2, 0) is 4.79 Å². The molecule has 0 heterocycles. The van der Waals surface area contributed by atoms with Gasteiger partial charge in [0.05, 0.1) is 6.07 Å². The molecular weight excluding hydrogens is 120 g/mol. The Morgan fingerprint density at radius 2 is 2.22 bits per heavy atom. The molecule has 5 nitrogen and oxygen atoms in total. The summed E-state index contributed by atoms with van der Waals surface area (Å²) in [5.74, 6) is -0.923. The van der Waals surface area contributed by atoms with E-state index in [1.807, 2.05) is 0 Å². The highest BCUT2D eigenvalue weighted by atomic mass is 16.1. The third kappa shape index (κ3) is 4.28. The fraction of sp³-hybridized carbons (Fsp3) is 0.250. The van der Waals surface area contributed by atoms with Gasteiger partial charge in [-0.15, -0.1) is 0 Å². The van der Waals surface area contributed by atoms with Crippen LogP contribution in [0, 0.1) is 11.3 Å². The van der Waals surface area contributed by atoms with Crippen molar-refractivity contribution in [2.45, 2.75) is 6.42 Å². The van der Waals surface area contributed by atoms with Crippen molar-refractivity contribution >= 4 is 11.9 Å². The van der Waals surface area contributed by atoms with Gasteiger partial charge in [-0.2, -0.15) is 10.3 Å². The number of guanidine groups is 1. The summed E-state index contributed by atoms with van der Waals surface area (Å²) in [5, 5.41) is 7.93. The molecule has 48 valence electrons. The summed E-state index contributed by atoms with van der Waals surface area (Å²) in [6.45, 7) is 0. The molecule has 0 aromatic heterocycles. The molecule has 0 spiro atoms. The zero-order valence-electron chi connectivity index (χ0n) is 4.66. The first-order valence-electron chi connectivity index (χ1n) is 2.16. The lowest BCUT2D eigenvalue weighted by Gasteiger charge is -1.84. The van der Waals surface area contributed by atoms with Crippen LogP contribution in [-0.4, -0.2) is 11.9 Å². The second-order valence-corrected chi connectivity index (χ2v) is 1.27. The summed E-state index contributed by atoms with van der Waals surface area (Å²) in [4.78, 5) is 13.4. The number of hydrogen-bond acceptors (Lipinski definition) is 2. The summed E-state index contributed by atoms with van der Waals surface area (Å²) < 4.78 is 0. The van der Waals surface area contributed by atoms with Crippen molar-refractivity contribution in [1.29, 1.82) is 5.26 Å². The Bertz CT molecular complexity index is 173. The highest BCUT2D eigenvalue weighted by Gasteiger charge is 1.94. The molecule has 0 aliphatic heterocycles. The number of nitrogens with two attached hydrogens (primary N) is 2. The third-order valence-corrected chi connectivity index (χ3v) is 0.484. The first-order chi connectivity index (χ1) is 4.16. The summed E-state index contributed by atoms with van der Waals surface area (Å²) >= 11 is 0.